The first-order valence-corrected chi connectivity index (χ1v) is 3.89. The van der Waals surface area contributed by atoms with Crippen molar-refractivity contribution >= 4 is 5.91 Å². The zero-order valence-electron chi connectivity index (χ0n) is 7.23. The van der Waals surface area contributed by atoms with Crippen molar-refractivity contribution in [2.45, 2.75) is 20.3 Å². The van der Waals surface area contributed by atoms with E-state index < -0.39 is 5.91 Å². The number of primary amides is 1. The fourth-order valence-corrected chi connectivity index (χ4v) is 1.31. The van der Waals surface area contributed by atoms with Crippen molar-refractivity contribution in [2.24, 2.45) is 11.7 Å². The second-order valence-electron chi connectivity index (χ2n) is 3.16. The van der Waals surface area contributed by atoms with Crippen LogP contribution in [0, 0.1) is 5.92 Å². The van der Waals surface area contributed by atoms with E-state index in [1.807, 2.05) is 0 Å². The van der Waals surface area contributed by atoms with Crippen molar-refractivity contribution in [3.8, 4) is 0 Å². The average molecular weight is 169 g/mol. The van der Waals surface area contributed by atoms with E-state index in [2.05, 4.69) is 0 Å². The lowest BCUT2D eigenvalue weighted by Crippen LogP contribution is -2.21. The number of amides is 1. The SMILES string of the molecule is CC1=C(F)CC(C)C(C(N)=O)=C1. The van der Waals surface area contributed by atoms with Crippen LogP contribution in [0.3, 0.4) is 0 Å². The van der Waals surface area contributed by atoms with Gasteiger partial charge in [-0.1, -0.05) is 6.92 Å². The first kappa shape index (κ1) is 8.97. The van der Waals surface area contributed by atoms with Crippen LogP contribution in [0.15, 0.2) is 23.0 Å². The molecule has 2 N–H and O–H groups in total. The lowest BCUT2D eigenvalue weighted by Gasteiger charge is -2.17. The summed E-state index contributed by atoms with van der Waals surface area (Å²) in [6, 6.07) is 0. The maximum absolute atomic E-state index is 12.9. The largest absolute Gasteiger partial charge is 0.366 e. The molecule has 12 heavy (non-hydrogen) atoms. The van der Waals surface area contributed by atoms with Gasteiger partial charge in [0.05, 0.1) is 0 Å². The van der Waals surface area contributed by atoms with Gasteiger partial charge in [0.25, 0.3) is 0 Å². The van der Waals surface area contributed by atoms with Crippen LogP contribution >= 0.6 is 0 Å². The monoisotopic (exact) mass is 169 g/mol. The number of carbonyl (C=O) groups is 1. The van der Waals surface area contributed by atoms with Gasteiger partial charge in [0.15, 0.2) is 0 Å². The molecule has 66 valence electrons. The molecule has 0 aromatic rings. The van der Waals surface area contributed by atoms with Crippen LogP contribution in [0.25, 0.3) is 0 Å². The minimum atomic E-state index is -0.450. The van der Waals surface area contributed by atoms with Crippen LogP contribution in [-0.4, -0.2) is 5.91 Å². The van der Waals surface area contributed by atoms with E-state index in [4.69, 9.17) is 5.73 Å². The first-order chi connectivity index (χ1) is 5.52. The standard InChI is InChI=1S/C9H12FNO/c1-5-4-8(10)6(2)3-7(5)9(11)12/h3,5H,4H2,1-2H3,(H2,11,12). The molecular formula is C9H12FNO. The van der Waals surface area contributed by atoms with Crippen molar-refractivity contribution < 1.29 is 9.18 Å². The molecule has 0 heterocycles. The van der Waals surface area contributed by atoms with Gasteiger partial charge in [-0.2, -0.15) is 0 Å². The third-order valence-corrected chi connectivity index (χ3v) is 2.10. The van der Waals surface area contributed by atoms with Gasteiger partial charge in [0.2, 0.25) is 5.91 Å². The summed E-state index contributed by atoms with van der Waals surface area (Å²) < 4.78 is 12.9. The molecule has 1 amide bonds. The second kappa shape index (κ2) is 3.09. The summed E-state index contributed by atoms with van der Waals surface area (Å²) in [6.45, 7) is 3.44. The Balaban J connectivity index is 3.01. The van der Waals surface area contributed by atoms with Crippen LogP contribution in [0.2, 0.25) is 0 Å². The molecule has 1 aliphatic rings. The first-order valence-electron chi connectivity index (χ1n) is 3.89. The van der Waals surface area contributed by atoms with E-state index in [9.17, 15) is 9.18 Å². The summed E-state index contributed by atoms with van der Waals surface area (Å²) in [4.78, 5) is 10.8. The predicted octanol–water partition coefficient (Wildman–Crippen LogP) is 1.68. The highest BCUT2D eigenvalue weighted by Gasteiger charge is 2.21. The molecule has 1 rings (SSSR count). The zero-order valence-corrected chi connectivity index (χ0v) is 7.23. The Kier molecular flexibility index (Phi) is 2.31. The van der Waals surface area contributed by atoms with E-state index in [1.54, 1.807) is 13.8 Å². The summed E-state index contributed by atoms with van der Waals surface area (Å²) in [5, 5.41) is 0. The quantitative estimate of drug-likeness (QED) is 0.637. The fraction of sp³-hybridized carbons (Fsp3) is 0.444. The molecule has 0 saturated heterocycles. The van der Waals surface area contributed by atoms with Gasteiger partial charge in [-0.3, -0.25) is 4.79 Å². The number of halogens is 1. The second-order valence-corrected chi connectivity index (χ2v) is 3.16. The average Bonchev–Trinajstić information content (AvgIpc) is 1.96. The number of carbonyl (C=O) groups excluding carboxylic acids is 1. The lowest BCUT2D eigenvalue weighted by molar-refractivity contribution is -0.115. The third-order valence-electron chi connectivity index (χ3n) is 2.10. The Labute approximate surface area is 70.9 Å². The van der Waals surface area contributed by atoms with Gasteiger partial charge in [0, 0.05) is 12.0 Å². The summed E-state index contributed by atoms with van der Waals surface area (Å²) >= 11 is 0. The van der Waals surface area contributed by atoms with E-state index in [1.165, 1.54) is 6.08 Å². The summed E-state index contributed by atoms with van der Waals surface area (Å²) in [5.74, 6) is -0.687. The molecule has 0 saturated carbocycles. The maximum atomic E-state index is 12.9. The molecule has 0 aromatic heterocycles. The Morgan fingerprint density at radius 2 is 2.33 bits per heavy atom. The summed E-state index contributed by atoms with van der Waals surface area (Å²) in [7, 11) is 0. The van der Waals surface area contributed by atoms with E-state index in [0.717, 1.165) is 0 Å². The van der Waals surface area contributed by atoms with Gasteiger partial charge < -0.3 is 5.73 Å². The van der Waals surface area contributed by atoms with Crippen LogP contribution in [0.5, 0.6) is 0 Å². The van der Waals surface area contributed by atoms with Gasteiger partial charge in [-0.05, 0) is 24.5 Å². The maximum Gasteiger partial charge on any atom is 0.244 e. The van der Waals surface area contributed by atoms with Gasteiger partial charge >= 0.3 is 0 Å². The third kappa shape index (κ3) is 1.55. The molecule has 1 aliphatic carbocycles. The fourth-order valence-electron chi connectivity index (χ4n) is 1.31. The smallest absolute Gasteiger partial charge is 0.244 e. The van der Waals surface area contributed by atoms with E-state index in [-0.39, 0.29) is 11.7 Å². The number of hydrogen-bond donors (Lipinski definition) is 1. The van der Waals surface area contributed by atoms with Crippen LogP contribution in [0.1, 0.15) is 20.3 Å². The Morgan fingerprint density at radius 1 is 1.75 bits per heavy atom. The minimum Gasteiger partial charge on any atom is -0.366 e. The molecule has 0 bridgehead atoms. The van der Waals surface area contributed by atoms with Crippen molar-refractivity contribution in [1.82, 2.24) is 0 Å². The molecular weight excluding hydrogens is 157 g/mol. The number of allylic oxidation sites excluding steroid dienone is 3. The highest BCUT2D eigenvalue weighted by atomic mass is 19.1. The highest BCUT2D eigenvalue weighted by molar-refractivity contribution is 5.93. The molecule has 1 atom stereocenters. The topological polar surface area (TPSA) is 43.1 Å². The lowest BCUT2D eigenvalue weighted by atomic mass is 9.89. The molecule has 0 aromatic carbocycles. The van der Waals surface area contributed by atoms with Crippen LogP contribution in [0.4, 0.5) is 4.39 Å². The molecule has 0 radical (unpaired) electrons. The summed E-state index contributed by atoms with van der Waals surface area (Å²) in [5.41, 5.74) is 6.15. The Morgan fingerprint density at radius 3 is 2.83 bits per heavy atom. The van der Waals surface area contributed by atoms with Crippen LogP contribution in [-0.2, 0) is 4.79 Å². The molecule has 0 spiro atoms. The van der Waals surface area contributed by atoms with Gasteiger partial charge in [0.1, 0.15) is 5.83 Å². The Hall–Kier alpha value is -1.12. The molecule has 0 aliphatic heterocycles. The molecule has 1 unspecified atom stereocenters. The van der Waals surface area contributed by atoms with E-state index in [0.29, 0.717) is 17.6 Å². The van der Waals surface area contributed by atoms with Crippen LogP contribution < -0.4 is 5.73 Å². The van der Waals surface area contributed by atoms with Gasteiger partial charge in [-0.25, -0.2) is 4.39 Å². The number of nitrogens with two attached hydrogens (primary N) is 1. The minimum absolute atomic E-state index is 0.0915. The van der Waals surface area contributed by atoms with E-state index >= 15 is 0 Å². The summed E-state index contributed by atoms with van der Waals surface area (Å²) in [6.07, 6.45) is 1.83. The number of rotatable bonds is 1. The predicted molar refractivity (Wildman–Crippen MR) is 44.9 cm³/mol. The number of hydrogen-bond acceptors (Lipinski definition) is 1. The normalized spacial score (nSPS) is 23.9. The molecule has 3 heteroatoms. The van der Waals surface area contributed by atoms with Crippen molar-refractivity contribution in [1.29, 1.82) is 0 Å². The molecule has 2 nitrogen and oxygen atoms in total. The molecule has 0 fully saturated rings. The van der Waals surface area contributed by atoms with Crippen molar-refractivity contribution in [3.05, 3.63) is 23.0 Å². The zero-order chi connectivity index (χ0) is 9.30. The Bertz CT molecular complexity index is 278. The highest BCUT2D eigenvalue weighted by Crippen LogP contribution is 2.29. The van der Waals surface area contributed by atoms with Crippen molar-refractivity contribution in [3.63, 3.8) is 0 Å². The van der Waals surface area contributed by atoms with Gasteiger partial charge in [-0.15, -0.1) is 0 Å². The van der Waals surface area contributed by atoms with Crippen molar-refractivity contribution in [2.75, 3.05) is 0 Å².